The molecular formula is C18H22O2. The smallest absolute Gasteiger partial charge is 0.338 e. The van der Waals surface area contributed by atoms with Crippen molar-refractivity contribution < 1.29 is 9.53 Å². The summed E-state index contributed by atoms with van der Waals surface area (Å²) in [6.45, 7) is 8.67. The van der Waals surface area contributed by atoms with Crippen molar-refractivity contribution in [1.82, 2.24) is 0 Å². The van der Waals surface area contributed by atoms with Gasteiger partial charge in [-0.3, -0.25) is 0 Å². The second-order valence-electron chi connectivity index (χ2n) is 5.80. The van der Waals surface area contributed by atoms with Gasteiger partial charge in [0, 0.05) is 11.3 Å². The summed E-state index contributed by atoms with van der Waals surface area (Å²) in [6.07, 6.45) is 6.28. The Kier molecular flexibility index (Phi) is 4.43. The molecule has 2 rings (SSSR count). The van der Waals surface area contributed by atoms with Gasteiger partial charge in [0.25, 0.3) is 0 Å². The number of rotatable bonds is 4. The van der Waals surface area contributed by atoms with Gasteiger partial charge in [-0.2, -0.15) is 0 Å². The standard InChI is InChI=1S/C18H22O2/c1-4-16-14(2)9-8-12-18(16,3)13-20-17(19)15-10-6-5-7-11-15/h4-7,9-11,16H,1,8,12-13H2,2-3H3/t16-,18-/m1/s1. The number of carbonyl (C=O) groups excluding carboxylic acids is 1. The van der Waals surface area contributed by atoms with E-state index in [0.29, 0.717) is 12.2 Å². The third-order valence-electron chi connectivity index (χ3n) is 4.20. The van der Waals surface area contributed by atoms with Crippen molar-refractivity contribution in [2.75, 3.05) is 6.61 Å². The van der Waals surface area contributed by atoms with Crippen molar-refractivity contribution in [3.8, 4) is 0 Å². The van der Waals surface area contributed by atoms with Crippen LogP contribution < -0.4 is 0 Å². The van der Waals surface area contributed by atoms with Gasteiger partial charge in [-0.1, -0.05) is 42.8 Å². The molecule has 2 heteroatoms. The summed E-state index contributed by atoms with van der Waals surface area (Å²) in [7, 11) is 0. The predicted molar refractivity (Wildman–Crippen MR) is 81.5 cm³/mol. The molecule has 0 N–H and O–H groups in total. The molecule has 0 amide bonds. The molecule has 0 saturated carbocycles. The van der Waals surface area contributed by atoms with E-state index in [0.717, 1.165) is 12.8 Å². The molecule has 106 valence electrons. The third kappa shape index (κ3) is 3.01. The average molecular weight is 270 g/mol. The zero-order valence-corrected chi connectivity index (χ0v) is 12.3. The summed E-state index contributed by atoms with van der Waals surface area (Å²) < 4.78 is 5.54. The van der Waals surface area contributed by atoms with Gasteiger partial charge in [0.1, 0.15) is 0 Å². The van der Waals surface area contributed by atoms with Crippen LogP contribution in [0.2, 0.25) is 0 Å². The van der Waals surface area contributed by atoms with Crippen LogP contribution in [-0.4, -0.2) is 12.6 Å². The molecule has 0 radical (unpaired) electrons. The quantitative estimate of drug-likeness (QED) is 0.599. The minimum atomic E-state index is -0.248. The molecule has 2 atom stereocenters. The normalized spacial score (nSPS) is 25.7. The maximum atomic E-state index is 12.0. The lowest BCUT2D eigenvalue weighted by atomic mass is 9.68. The molecule has 0 aliphatic heterocycles. The molecule has 0 bridgehead atoms. The maximum absolute atomic E-state index is 12.0. The van der Waals surface area contributed by atoms with Crippen molar-refractivity contribution >= 4 is 5.97 Å². The molecule has 0 fully saturated rings. The first-order chi connectivity index (χ1) is 9.57. The summed E-state index contributed by atoms with van der Waals surface area (Å²) in [5.41, 5.74) is 1.88. The predicted octanol–water partition coefficient (Wildman–Crippen LogP) is 4.39. The SMILES string of the molecule is C=C[C@@H]1C(C)=CCC[C@]1(C)COC(=O)c1ccccc1. The Morgan fingerprint density at radius 3 is 2.80 bits per heavy atom. The van der Waals surface area contributed by atoms with E-state index in [-0.39, 0.29) is 17.3 Å². The highest BCUT2D eigenvalue weighted by Gasteiger charge is 2.36. The monoisotopic (exact) mass is 270 g/mol. The van der Waals surface area contributed by atoms with Crippen LogP contribution in [-0.2, 0) is 4.74 Å². The number of allylic oxidation sites excluding steroid dienone is 3. The number of benzene rings is 1. The average Bonchev–Trinajstić information content (AvgIpc) is 2.46. The lowest BCUT2D eigenvalue weighted by molar-refractivity contribution is 0.0217. The Morgan fingerprint density at radius 2 is 2.15 bits per heavy atom. The van der Waals surface area contributed by atoms with E-state index in [4.69, 9.17) is 4.74 Å². The van der Waals surface area contributed by atoms with Gasteiger partial charge in [0.15, 0.2) is 0 Å². The van der Waals surface area contributed by atoms with Crippen molar-refractivity contribution in [2.24, 2.45) is 11.3 Å². The van der Waals surface area contributed by atoms with E-state index in [1.807, 2.05) is 24.3 Å². The molecule has 0 unspecified atom stereocenters. The fourth-order valence-electron chi connectivity index (χ4n) is 2.98. The summed E-state index contributed by atoms with van der Waals surface area (Å²) >= 11 is 0. The van der Waals surface area contributed by atoms with Crippen LogP contribution in [0.1, 0.15) is 37.0 Å². The minimum absolute atomic E-state index is 0.0506. The molecule has 1 aromatic rings. The van der Waals surface area contributed by atoms with Crippen LogP contribution in [0.25, 0.3) is 0 Å². The van der Waals surface area contributed by atoms with E-state index in [1.165, 1.54) is 5.57 Å². The van der Waals surface area contributed by atoms with E-state index < -0.39 is 0 Å². The van der Waals surface area contributed by atoms with Crippen molar-refractivity contribution in [1.29, 1.82) is 0 Å². The summed E-state index contributed by atoms with van der Waals surface area (Å²) in [5.74, 6) is 0.0293. The van der Waals surface area contributed by atoms with E-state index in [1.54, 1.807) is 12.1 Å². The molecule has 20 heavy (non-hydrogen) atoms. The van der Waals surface area contributed by atoms with Crippen molar-refractivity contribution in [3.63, 3.8) is 0 Å². The number of hydrogen-bond acceptors (Lipinski definition) is 2. The van der Waals surface area contributed by atoms with Crippen molar-refractivity contribution in [3.05, 3.63) is 60.2 Å². The van der Waals surface area contributed by atoms with E-state index in [2.05, 4.69) is 26.5 Å². The first-order valence-corrected chi connectivity index (χ1v) is 7.08. The Labute approximate surface area is 121 Å². The van der Waals surface area contributed by atoms with Crippen LogP contribution in [0, 0.1) is 11.3 Å². The van der Waals surface area contributed by atoms with E-state index >= 15 is 0 Å². The second kappa shape index (κ2) is 6.08. The molecule has 0 aromatic heterocycles. The summed E-state index contributed by atoms with van der Waals surface area (Å²) in [6, 6.07) is 9.14. The number of esters is 1. The molecular weight excluding hydrogens is 248 g/mol. The van der Waals surface area contributed by atoms with Gasteiger partial charge in [-0.05, 0) is 31.9 Å². The van der Waals surface area contributed by atoms with Crippen LogP contribution >= 0.6 is 0 Å². The van der Waals surface area contributed by atoms with Gasteiger partial charge in [-0.15, -0.1) is 6.58 Å². The molecule has 0 saturated heterocycles. The van der Waals surface area contributed by atoms with E-state index in [9.17, 15) is 4.79 Å². The Morgan fingerprint density at radius 1 is 1.45 bits per heavy atom. The molecule has 0 spiro atoms. The molecule has 0 heterocycles. The molecule has 1 aliphatic carbocycles. The largest absolute Gasteiger partial charge is 0.461 e. The zero-order chi connectivity index (χ0) is 14.6. The maximum Gasteiger partial charge on any atom is 0.338 e. The van der Waals surface area contributed by atoms with Crippen molar-refractivity contribution in [2.45, 2.75) is 26.7 Å². The first kappa shape index (κ1) is 14.6. The van der Waals surface area contributed by atoms with Gasteiger partial charge in [-0.25, -0.2) is 4.79 Å². The van der Waals surface area contributed by atoms with Gasteiger partial charge in [0.05, 0.1) is 12.2 Å². The highest BCUT2D eigenvalue weighted by atomic mass is 16.5. The molecule has 1 aliphatic rings. The van der Waals surface area contributed by atoms with Crippen LogP contribution in [0.5, 0.6) is 0 Å². The Hall–Kier alpha value is -1.83. The topological polar surface area (TPSA) is 26.3 Å². The van der Waals surface area contributed by atoms with Crippen LogP contribution in [0.15, 0.2) is 54.6 Å². The number of carbonyl (C=O) groups is 1. The fourth-order valence-corrected chi connectivity index (χ4v) is 2.98. The highest BCUT2D eigenvalue weighted by Crippen LogP contribution is 2.42. The summed E-state index contributed by atoms with van der Waals surface area (Å²) in [5, 5.41) is 0. The zero-order valence-electron chi connectivity index (χ0n) is 12.3. The third-order valence-corrected chi connectivity index (χ3v) is 4.20. The van der Waals surface area contributed by atoms with Crippen LogP contribution in [0.3, 0.4) is 0 Å². The van der Waals surface area contributed by atoms with Gasteiger partial charge < -0.3 is 4.74 Å². The first-order valence-electron chi connectivity index (χ1n) is 7.08. The molecule has 2 nitrogen and oxygen atoms in total. The number of ether oxygens (including phenoxy) is 1. The summed E-state index contributed by atoms with van der Waals surface area (Å²) in [4.78, 5) is 12.0. The van der Waals surface area contributed by atoms with Crippen LogP contribution in [0.4, 0.5) is 0 Å². The number of hydrogen-bond donors (Lipinski definition) is 0. The second-order valence-corrected chi connectivity index (χ2v) is 5.80. The molecule has 1 aromatic carbocycles. The van der Waals surface area contributed by atoms with Gasteiger partial charge >= 0.3 is 5.97 Å². The lowest BCUT2D eigenvalue weighted by Gasteiger charge is -2.39. The Balaban J connectivity index is 2.04. The minimum Gasteiger partial charge on any atom is -0.461 e. The highest BCUT2D eigenvalue weighted by molar-refractivity contribution is 5.89. The Bertz CT molecular complexity index is 515. The fraction of sp³-hybridized carbons (Fsp3) is 0.389. The lowest BCUT2D eigenvalue weighted by Crippen LogP contribution is -2.35. The van der Waals surface area contributed by atoms with Gasteiger partial charge in [0.2, 0.25) is 0 Å².